The van der Waals surface area contributed by atoms with Gasteiger partial charge in [-0.3, -0.25) is 4.79 Å². The van der Waals surface area contributed by atoms with Crippen molar-refractivity contribution < 1.29 is 9.90 Å². The number of hydrogen-bond acceptors (Lipinski definition) is 2. The van der Waals surface area contributed by atoms with Crippen molar-refractivity contribution in [1.82, 2.24) is 5.32 Å². The van der Waals surface area contributed by atoms with Crippen molar-refractivity contribution in [2.45, 2.75) is 39.7 Å². The maximum atomic E-state index is 11.8. The van der Waals surface area contributed by atoms with Gasteiger partial charge in [0.2, 0.25) is 5.91 Å². The SMILES string of the molecule is CC(C)CCC(=O)NC(C)c1ccc(C#CCO)cc1. The van der Waals surface area contributed by atoms with E-state index in [1.807, 2.05) is 31.2 Å². The molecule has 1 atom stereocenters. The summed E-state index contributed by atoms with van der Waals surface area (Å²) in [7, 11) is 0. The topological polar surface area (TPSA) is 49.3 Å². The number of carbonyl (C=O) groups excluding carboxylic acids is 1. The highest BCUT2D eigenvalue weighted by atomic mass is 16.2. The summed E-state index contributed by atoms with van der Waals surface area (Å²) < 4.78 is 0. The standard InChI is InChI=1S/C17H23NO2/c1-13(2)6-11-17(20)18-14(3)16-9-7-15(8-10-16)5-4-12-19/h7-10,13-14,19H,6,11-12H2,1-3H3,(H,18,20). The highest BCUT2D eigenvalue weighted by molar-refractivity contribution is 5.76. The lowest BCUT2D eigenvalue weighted by Gasteiger charge is -2.15. The number of benzene rings is 1. The molecule has 0 aliphatic carbocycles. The maximum absolute atomic E-state index is 11.8. The Kier molecular flexibility index (Phi) is 6.83. The molecule has 3 nitrogen and oxygen atoms in total. The van der Waals surface area contributed by atoms with Gasteiger partial charge in [0.25, 0.3) is 0 Å². The van der Waals surface area contributed by atoms with Crippen molar-refractivity contribution in [2.24, 2.45) is 5.92 Å². The van der Waals surface area contributed by atoms with Crippen molar-refractivity contribution in [3.8, 4) is 11.8 Å². The Morgan fingerprint density at radius 2 is 1.90 bits per heavy atom. The predicted octanol–water partition coefficient (Wildman–Crippen LogP) is 2.64. The van der Waals surface area contributed by atoms with Gasteiger partial charge in [-0.1, -0.05) is 37.8 Å². The molecule has 2 N–H and O–H groups in total. The van der Waals surface area contributed by atoms with Crippen LogP contribution in [0.25, 0.3) is 0 Å². The van der Waals surface area contributed by atoms with Crippen LogP contribution in [0.4, 0.5) is 0 Å². The molecule has 0 spiro atoms. The van der Waals surface area contributed by atoms with Crippen molar-refractivity contribution in [3.05, 3.63) is 35.4 Å². The normalized spacial score (nSPS) is 11.7. The molecule has 1 aromatic rings. The van der Waals surface area contributed by atoms with E-state index in [4.69, 9.17) is 5.11 Å². The van der Waals surface area contributed by atoms with Crippen molar-refractivity contribution in [1.29, 1.82) is 0 Å². The Labute approximate surface area is 121 Å². The fourth-order valence-electron chi connectivity index (χ4n) is 1.81. The minimum atomic E-state index is -0.135. The zero-order chi connectivity index (χ0) is 15.0. The molecule has 0 aliphatic rings. The van der Waals surface area contributed by atoms with E-state index in [0.717, 1.165) is 17.5 Å². The highest BCUT2D eigenvalue weighted by Crippen LogP contribution is 2.14. The van der Waals surface area contributed by atoms with Gasteiger partial charge < -0.3 is 10.4 Å². The molecule has 20 heavy (non-hydrogen) atoms. The van der Waals surface area contributed by atoms with Crippen LogP contribution in [-0.2, 0) is 4.79 Å². The average molecular weight is 273 g/mol. The molecule has 0 aromatic heterocycles. The molecule has 0 saturated carbocycles. The third kappa shape index (κ3) is 5.90. The number of amides is 1. The lowest BCUT2D eigenvalue weighted by molar-refractivity contribution is -0.122. The Hall–Kier alpha value is -1.79. The minimum absolute atomic E-state index is 0.00508. The second-order valence-electron chi connectivity index (χ2n) is 5.30. The quantitative estimate of drug-likeness (QED) is 0.810. The molecule has 0 bridgehead atoms. The van der Waals surface area contributed by atoms with E-state index in [0.29, 0.717) is 12.3 Å². The van der Waals surface area contributed by atoms with Crippen LogP contribution >= 0.6 is 0 Å². The van der Waals surface area contributed by atoms with Gasteiger partial charge in [-0.2, -0.15) is 0 Å². The molecular formula is C17H23NO2. The zero-order valence-corrected chi connectivity index (χ0v) is 12.4. The van der Waals surface area contributed by atoms with E-state index in [2.05, 4.69) is 31.0 Å². The van der Waals surface area contributed by atoms with Gasteiger partial charge in [0.1, 0.15) is 6.61 Å². The first-order chi connectivity index (χ1) is 9.52. The lowest BCUT2D eigenvalue weighted by Crippen LogP contribution is -2.26. The number of hydrogen-bond donors (Lipinski definition) is 2. The van der Waals surface area contributed by atoms with E-state index in [1.165, 1.54) is 0 Å². The Balaban J connectivity index is 2.55. The largest absolute Gasteiger partial charge is 0.384 e. The summed E-state index contributed by atoms with van der Waals surface area (Å²) >= 11 is 0. The molecule has 0 fully saturated rings. The maximum Gasteiger partial charge on any atom is 0.220 e. The summed E-state index contributed by atoms with van der Waals surface area (Å²) in [6.45, 7) is 6.07. The summed E-state index contributed by atoms with van der Waals surface area (Å²) in [5.74, 6) is 6.09. The van der Waals surface area contributed by atoms with Gasteiger partial charge in [0.05, 0.1) is 6.04 Å². The van der Waals surface area contributed by atoms with E-state index < -0.39 is 0 Å². The van der Waals surface area contributed by atoms with Crippen LogP contribution < -0.4 is 5.32 Å². The van der Waals surface area contributed by atoms with Crippen LogP contribution in [-0.4, -0.2) is 17.6 Å². The van der Waals surface area contributed by atoms with Crippen LogP contribution in [0.1, 0.15) is 50.8 Å². The first-order valence-corrected chi connectivity index (χ1v) is 7.02. The van der Waals surface area contributed by atoms with E-state index in [-0.39, 0.29) is 18.6 Å². The van der Waals surface area contributed by atoms with Crippen LogP contribution in [0.3, 0.4) is 0 Å². The molecule has 0 heterocycles. The number of carbonyl (C=O) groups is 1. The van der Waals surface area contributed by atoms with E-state index in [1.54, 1.807) is 0 Å². The van der Waals surface area contributed by atoms with Gasteiger partial charge >= 0.3 is 0 Å². The number of rotatable bonds is 5. The monoisotopic (exact) mass is 273 g/mol. The predicted molar refractivity (Wildman–Crippen MR) is 81.0 cm³/mol. The highest BCUT2D eigenvalue weighted by Gasteiger charge is 2.09. The van der Waals surface area contributed by atoms with Gasteiger partial charge in [-0.15, -0.1) is 0 Å². The fourth-order valence-corrected chi connectivity index (χ4v) is 1.81. The Bertz CT molecular complexity index is 480. The van der Waals surface area contributed by atoms with Crippen LogP contribution in [0.2, 0.25) is 0 Å². The van der Waals surface area contributed by atoms with Gasteiger partial charge in [-0.25, -0.2) is 0 Å². The summed E-state index contributed by atoms with van der Waals surface area (Å²) in [6, 6.07) is 7.70. The smallest absolute Gasteiger partial charge is 0.220 e. The lowest BCUT2D eigenvalue weighted by atomic mass is 10.0. The third-order valence-corrected chi connectivity index (χ3v) is 3.05. The van der Waals surface area contributed by atoms with Gasteiger partial charge in [-0.05, 0) is 37.0 Å². The average Bonchev–Trinajstić information content (AvgIpc) is 2.43. The summed E-state index contributed by atoms with van der Waals surface area (Å²) in [5.41, 5.74) is 1.92. The zero-order valence-electron chi connectivity index (χ0n) is 12.4. The van der Waals surface area contributed by atoms with Crippen LogP contribution in [0.5, 0.6) is 0 Å². The fraction of sp³-hybridized carbons (Fsp3) is 0.471. The molecule has 1 unspecified atom stereocenters. The van der Waals surface area contributed by atoms with Crippen molar-refractivity contribution in [2.75, 3.05) is 6.61 Å². The number of nitrogens with one attached hydrogen (secondary N) is 1. The Morgan fingerprint density at radius 3 is 2.45 bits per heavy atom. The minimum Gasteiger partial charge on any atom is -0.384 e. The van der Waals surface area contributed by atoms with Gasteiger partial charge in [0.15, 0.2) is 0 Å². The molecular weight excluding hydrogens is 250 g/mol. The molecule has 0 saturated heterocycles. The second-order valence-corrected chi connectivity index (χ2v) is 5.30. The summed E-state index contributed by atoms with van der Waals surface area (Å²) in [6.07, 6.45) is 1.48. The Morgan fingerprint density at radius 1 is 1.25 bits per heavy atom. The first kappa shape index (κ1) is 16.3. The first-order valence-electron chi connectivity index (χ1n) is 7.02. The molecule has 108 valence electrons. The molecule has 0 aliphatic heterocycles. The number of aliphatic hydroxyl groups excluding tert-OH is 1. The molecule has 0 radical (unpaired) electrons. The molecule has 1 amide bonds. The van der Waals surface area contributed by atoms with Crippen LogP contribution in [0.15, 0.2) is 24.3 Å². The molecule has 1 aromatic carbocycles. The second kappa shape index (κ2) is 8.39. The third-order valence-electron chi connectivity index (χ3n) is 3.05. The van der Waals surface area contributed by atoms with E-state index in [9.17, 15) is 4.79 Å². The van der Waals surface area contributed by atoms with Crippen LogP contribution in [0, 0.1) is 17.8 Å². The summed E-state index contributed by atoms with van der Waals surface area (Å²) in [5, 5.41) is 11.6. The molecule has 1 rings (SSSR count). The van der Waals surface area contributed by atoms with Gasteiger partial charge in [0, 0.05) is 12.0 Å². The summed E-state index contributed by atoms with van der Waals surface area (Å²) in [4.78, 5) is 11.8. The van der Waals surface area contributed by atoms with Crippen molar-refractivity contribution in [3.63, 3.8) is 0 Å². The number of aliphatic hydroxyl groups is 1. The molecule has 3 heteroatoms. The van der Waals surface area contributed by atoms with Crippen molar-refractivity contribution >= 4 is 5.91 Å². The van der Waals surface area contributed by atoms with E-state index >= 15 is 0 Å².